The van der Waals surface area contributed by atoms with Crippen LogP contribution in [-0.2, 0) is 0 Å². The summed E-state index contributed by atoms with van der Waals surface area (Å²) in [6.07, 6.45) is 2.53. The fourth-order valence-electron chi connectivity index (χ4n) is 1.81. The molecule has 0 bridgehead atoms. The molecule has 1 aliphatic rings. The number of hydrogen-bond donors (Lipinski definition) is 2. The van der Waals surface area contributed by atoms with E-state index in [0.29, 0.717) is 6.04 Å². The van der Waals surface area contributed by atoms with Crippen molar-refractivity contribution in [3.8, 4) is 0 Å². The first-order chi connectivity index (χ1) is 5.72. The Morgan fingerprint density at radius 1 is 1.46 bits per heavy atom. The summed E-state index contributed by atoms with van der Waals surface area (Å²) in [5, 5.41) is 3.32. The Labute approximate surface area is 87.5 Å². The zero-order valence-electron chi connectivity index (χ0n) is 8.62. The molecule has 3 N–H and O–H groups in total. The molecule has 0 saturated carbocycles. The topological polar surface area (TPSA) is 41.3 Å². The van der Waals surface area contributed by atoms with Crippen molar-refractivity contribution in [2.24, 2.45) is 5.73 Å². The fraction of sp³-hybridized carbons (Fsp3) is 1.00. The maximum absolute atomic E-state index is 5.73. The van der Waals surface area contributed by atoms with Crippen LogP contribution in [0.2, 0.25) is 0 Å². The van der Waals surface area contributed by atoms with E-state index in [1.54, 1.807) is 0 Å². The maximum atomic E-state index is 5.73. The van der Waals surface area contributed by atoms with Gasteiger partial charge in [-0.25, -0.2) is 0 Å². The molecule has 0 amide bonds. The second kappa shape index (κ2) is 6.60. The van der Waals surface area contributed by atoms with Gasteiger partial charge in [0.15, 0.2) is 0 Å². The van der Waals surface area contributed by atoms with Gasteiger partial charge in [-0.1, -0.05) is 0 Å². The summed E-state index contributed by atoms with van der Waals surface area (Å²) in [7, 11) is 2.05. The fourth-order valence-corrected chi connectivity index (χ4v) is 1.81. The Morgan fingerprint density at radius 2 is 2.00 bits per heavy atom. The van der Waals surface area contributed by atoms with Crippen molar-refractivity contribution in [3.05, 3.63) is 0 Å². The van der Waals surface area contributed by atoms with Gasteiger partial charge in [0.1, 0.15) is 0 Å². The van der Waals surface area contributed by atoms with Crippen LogP contribution < -0.4 is 11.1 Å². The molecule has 1 heterocycles. The third-order valence-electron chi connectivity index (χ3n) is 2.54. The van der Waals surface area contributed by atoms with E-state index in [1.165, 1.54) is 25.9 Å². The van der Waals surface area contributed by atoms with Gasteiger partial charge in [-0.15, -0.1) is 12.4 Å². The van der Waals surface area contributed by atoms with Gasteiger partial charge < -0.3 is 16.0 Å². The zero-order valence-corrected chi connectivity index (χ0v) is 9.44. The highest BCUT2D eigenvalue weighted by atomic mass is 35.5. The van der Waals surface area contributed by atoms with Crippen molar-refractivity contribution >= 4 is 12.4 Å². The summed E-state index contributed by atoms with van der Waals surface area (Å²) in [5.41, 5.74) is 5.73. The first-order valence-electron chi connectivity index (χ1n) is 4.87. The number of hydrogen-bond acceptors (Lipinski definition) is 3. The summed E-state index contributed by atoms with van der Waals surface area (Å²) in [4.78, 5) is 2.46. The third kappa shape index (κ3) is 4.81. The van der Waals surface area contributed by atoms with Crippen LogP contribution in [0.15, 0.2) is 0 Å². The molecule has 1 atom stereocenters. The van der Waals surface area contributed by atoms with Crippen LogP contribution in [-0.4, -0.2) is 43.7 Å². The van der Waals surface area contributed by atoms with Gasteiger partial charge in [0.2, 0.25) is 0 Å². The number of halogens is 1. The molecule has 3 nitrogen and oxygen atoms in total. The minimum atomic E-state index is 0. The largest absolute Gasteiger partial charge is 0.327 e. The summed E-state index contributed by atoms with van der Waals surface area (Å²) in [5.74, 6) is 0. The first kappa shape index (κ1) is 13.2. The Kier molecular flexibility index (Phi) is 6.68. The Bertz CT molecular complexity index is 122. The smallest absolute Gasteiger partial charge is 0.0139 e. The van der Waals surface area contributed by atoms with Gasteiger partial charge in [-0.05, 0) is 39.9 Å². The molecule has 0 radical (unpaired) electrons. The van der Waals surface area contributed by atoms with Crippen LogP contribution in [0.25, 0.3) is 0 Å². The molecule has 1 saturated heterocycles. The van der Waals surface area contributed by atoms with Crippen molar-refractivity contribution in [2.75, 3.05) is 26.7 Å². The maximum Gasteiger partial charge on any atom is 0.0139 e. The van der Waals surface area contributed by atoms with Crippen LogP contribution in [0.4, 0.5) is 0 Å². The quantitative estimate of drug-likeness (QED) is 0.706. The van der Waals surface area contributed by atoms with Crippen molar-refractivity contribution in [1.82, 2.24) is 10.2 Å². The number of nitrogens with two attached hydrogens (primary N) is 1. The Hall–Kier alpha value is 0.170. The minimum Gasteiger partial charge on any atom is -0.327 e. The Morgan fingerprint density at radius 3 is 2.38 bits per heavy atom. The predicted octanol–water partition coefficient (Wildman–Crippen LogP) is 0.439. The second-order valence-corrected chi connectivity index (χ2v) is 3.84. The molecule has 1 fully saturated rings. The van der Waals surface area contributed by atoms with E-state index in [4.69, 9.17) is 5.73 Å². The van der Waals surface area contributed by atoms with Crippen molar-refractivity contribution in [3.63, 3.8) is 0 Å². The van der Waals surface area contributed by atoms with E-state index >= 15 is 0 Å². The molecule has 13 heavy (non-hydrogen) atoms. The van der Waals surface area contributed by atoms with E-state index in [1.807, 2.05) is 7.05 Å². The van der Waals surface area contributed by atoms with Gasteiger partial charge in [-0.2, -0.15) is 0 Å². The molecule has 4 heteroatoms. The number of nitrogens with one attached hydrogen (secondary N) is 1. The lowest BCUT2D eigenvalue weighted by Crippen LogP contribution is -2.45. The summed E-state index contributed by atoms with van der Waals surface area (Å²) < 4.78 is 0. The highest BCUT2D eigenvalue weighted by Crippen LogP contribution is 2.09. The number of nitrogens with zero attached hydrogens (tertiary/aromatic N) is 1. The van der Waals surface area contributed by atoms with Crippen LogP contribution in [0.3, 0.4) is 0 Å². The third-order valence-corrected chi connectivity index (χ3v) is 2.54. The van der Waals surface area contributed by atoms with Gasteiger partial charge in [0.25, 0.3) is 0 Å². The Balaban J connectivity index is 0.00000144. The van der Waals surface area contributed by atoms with Crippen molar-refractivity contribution in [2.45, 2.75) is 31.8 Å². The highest BCUT2D eigenvalue weighted by Gasteiger charge is 2.17. The van der Waals surface area contributed by atoms with Crippen molar-refractivity contribution in [1.29, 1.82) is 0 Å². The van der Waals surface area contributed by atoms with E-state index in [2.05, 4.69) is 17.1 Å². The van der Waals surface area contributed by atoms with Crippen LogP contribution in [0.1, 0.15) is 19.8 Å². The summed E-state index contributed by atoms with van der Waals surface area (Å²) in [6.45, 7) is 5.53. The van der Waals surface area contributed by atoms with E-state index in [-0.39, 0.29) is 12.4 Å². The zero-order chi connectivity index (χ0) is 8.97. The molecule has 1 unspecified atom stereocenters. The predicted molar refractivity (Wildman–Crippen MR) is 59.4 cm³/mol. The molecular weight excluding hydrogens is 186 g/mol. The molecular formula is C9H22ClN3. The minimum absolute atomic E-state index is 0. The van der Waals surface area contributed by atoms with Crippen LogP contribution in [0, 0.1) is 0 Å². The monoisotopic (exact) mass is 207 g/mol. The lowest BCUT2D eigenvalue weighted by molar-refractivity contribution is 0.194. The summed E-state index contributed by atoms with van der Waals surface area (Å²) in [6, 6.07) is 1.05. The molecule has 0 aliphatic carbocycles. The molecule has 1 rings (SSSR count). The van der Waals surface area contributed by atoms with Gasteiger partial charge >= 0.3 is 0 Å². The molecule has 0 aromatic rings. The van der Waals surface area contributed by atoms with E-state index < -0.39 is 0 Å². The lowest BCUT2D eigenvalue weighted by Gasteiger charge is -2.32. The highest BCUT2D eigenvalue weighted by molar-refractivity contribution is 5.85. The second-order valence-electron chi connectivity index (χ2n) is 3.84. The molecule has 0 spiro atoms. The molecule has 1 aliphatic heterocycles. The van der Waals surface area contributed by atoms with Crippen LogP contribution in [0.5, 0.6) is 0 Å². The normalized spacial score (nSPS) is 22.4. The number of likely N-dealkylation sites (tertiary alicyclic amines) is 1. The van der Waals surface area contributed by atoms with E-state index in [0.717, 1.165) is 12.6 Å². The number of rotatable bonds is 3. The van der Waals surface area contributed by atoms with Crippen LogP contribution >= 0.6 is 12.4 Å². The van der Waals surface area contributed by atoms with Crippen molar-refractivity contribution < 1.29 is 0 Å². The standard InChI is InChI=1S/C9H21N3.ClH/c1-8(10)7-12-5-3-9(11-2)4-6-12;/h8-9,11H,3-7,10H2,1-2H3;1H. The van der Waals surface area contributed by atoms with Gasteiger partial charge in [0.05, 0.1) is 0 Å². The lowest BCUT2D eigenvalue weighted by atomic mass is 10.1. The number of piperidine rings is 1. The van der Waals surface area contributed by atoms with Gasteiger partial charge in [-0.3, -0.25) is 0 Å². The molecule has 0 aromatic heterocycles. The first-order valence-corrected chi connectivity index (χ1v) is 4.87. The van der Waals surface area contributed by atoms with E-state index in [9.17, 15) is 0 Å². The average molecular weight is 208 g/mol. The summed E-state index contributed by atoms with van der Waals surface area (Å²) >= 11 is 0. The average Bonchev–Trinajstić information content (AvgIpc) is 2.05. The molecule has 80 valence electrons. The van der Waals surface area contributed by atoms with Gasteiger partial charge in [0, 0.05) is 18.6 Å². The SMILES string of the molecule is CNC1CCN(CC(C)N)CC1.Cl. The molecule has 0 aromatic carbocycles.